The summed E-state index contributed by atoms with van der Waals surface area (Å²) in [6.07, 6.45) is 4.62. The molecule has 0 aromatic carbocycles. The van der Waals surface area contributed by atoms with Crippen molar-refractivity contribution in [3.63, 3.8) is 0 Å². The van der Waals surface area contributed by atoms with Gasteiger partial charge in [0, 0.05) is 13.3 Å². The number of hydrogen-bond acceptors (Lipinski definition) is 3. The van der Waals surface area contributed by atoms with Gasteiger partial charge in [0.15, 0.2) is 0 Å². The van der Waals surface area contributed by atoms with Gasteiger partial charge in [-0.2, -0.15) is 0 Å². The van der Waals surface area contributed by atoms with Crippen LogP contribution in [0.5, 0.6) is 0 Å². The second kappa shape index (κ2) is 2.32. The molecule has 4 aliphatic carbocycles. The van der Waals surface area contributed by atoms with Crippen LogP contribution < -0.4 is 0 Å². The number of rotatable bonds is 1. The molecule has 4 atom stereocenters. The molecule has 4 bridgehead atoms. The maximum atomic E-state index is 11.0. The van der Waals surface area contributed by atoms with E-state index in [2.05, 4.69) is 0 Å². The first kappa shape index (κ1) is 8.72. The van der Waals surface area contributed by atoms with Crippen LogP contribution in [0, 0.1) is 11.8 Å². The van der Waals surface area contributed by atoms with Gasteiger partial charge in [0.25, 0.3) is 0 Å². The summed E-state index contributed by atoms with van der Waals surface area (Å²) in [7, 11) is 0. The van der Waals surface area contributed by atoms with E-state index in [0.717, 1.165) is 25.7 Å². The van der Waals surface area contributed by atoms with E-state index in [0.29, 0.717) is 18.3 Å². The minimum absolute atomic E-state index is 0.199. The molecule has 4 saturated carbocycles. The summed E-state index contributed by atoms with van der Waals surface area (Å²) in [6, 6.07) is 0. The van der Waals surface area contributed by atoms with Crippen LogP contribution in [0.15, 0.2) is 0 Å². The fourth-order valence-corrected chi connectivity index (χ4v) is 4.20. The molecule has 4 unspecified atom stereocenters. The Morgan fingerprint density at radius 2 is 2.21 bits per heavy atom. The fraction of sp³-hybridized carbons (Fsp3) is 0.909. The van der Waals surface area contributed by atoms with Gasteiger partial charge in [-0.15, -0.1) is 0 Å². The first-order valence-electron chi connectivity index (χ1n) is 5.43. The molecule has 0 aromatic rings. The van der Waals surface area contributed by atoms with E-state index in [-0.39, 0.29) is 11.6 Å². The van der Waals surface area contributed by atoms with Crippen LogP contribution in [0.25, 0.3) is 0 Å². The average Bonchev–Trinajstić information content (AvgIpc) is 2.28. The largest absolute Gasteiger partial charge is 0.459 e. The van der Waals surface area contributed by atoms with E-state index < -0.39 is 5.60 Å². The van der Waals surface area contributed by atoms with Crippen molar-refractivity contribution in [2.24, 2.45) is 11.8 Å². The second-order valence-corrected chi connectivity index (χ2v) is 5.47. The number of aliphatic hydroxyl groups is 1. The van der Waals surface area contributed by atoms with Crippen molar-refractivity contribution >= 4 is 5.97 Å². The minimum atomic E-state index is -0.502. The quantitative estimate of drug-likeness (QED) is 0.642. The molecule has 4 aliphatic rings. The van der Waals surface area contributed by atoms with Gasteiger partial charge in [-0.3, -0.25) is 4.79 Å². The molecule has 3 nitrogen and oxygen atoms in total. The Labute approximate surface area is 83.4 Å². The summed E-state index contributed by atoms with van der Waals surface area (Å²) < 4.78 is 5.44. The Morgan fingerprint density at radius 1 is 1.43 bits per heavy atom. The Morgan fingerprint density at radius 3 is 2.79 bits per heavy atom. The zero-order chi connectivity index (χ0) is 9.97. The van der Waals surface area contributed by atoms with E-state index >= 15 is 0 Å². The predicted molar refractivity (Wildman–Crippen MR) is 49.5 cm³/mol. The van der Waals surface area contributed by atoms with Crippen molar-refractivity contribution in [1.29, 1.82) is 0 Å². The summed E-state index contributed by atoms with van der Waals surface area (Å²) >= 11 is 0. The third kappa shape index (κ3) is 0.991. The smallest absolute Gasteiger partial charge is 0.303 e. The summed E-state index contributed by atoms with van der Waals surface area (Å²) in [5.41, 5.74) is -0.801. The number of esters is 1. The van der Waals surface area contributed by atoms with E-state index in [9.17, 15) is 9.90 Å². The molecule has 14 heavy (non-hydrogen) atoms. The van der Waals surface area contributed by atoms with Gasteiger partial charge in [0.05, 0.1) is 5.60 Å². The zero-order valence-electron chi connectivity index (χ0n) is 8.45. The van der Waals surface area contributed by atoms with Gasteiger partial charge < -0.3 is 9.84 Å². The lowest BCUT2D eigenvalue weighted by Crippen LogP contribution is -2.41. The van der Waals surface area contributed by atoms with Crippen LogP contribution in [-0.2, 0) is 9.53 Å². The van der Waals surface area contributed by atoms with Gasteiger partial charge in [-0.05, 0) is 37.5 Å². The van der Waals surface area contributed by atoms with Crippen molar-refractivity contribution in [3.8, 4) is 0 Å². The number of carbonyl (C=O) groups is 1. The predicted octanol–water partition coefficient (Wildman–Crippen LogP) is 1.24. The summed E-state index contributed by atoms with van der Waals surface area (Å²) in [6.45, 7) is 1.46. The SMILES string of the molecule is CC(=O)OC12CC3CC(C1)C(O)(C3)C2. The normalized spacial score (nSPS) is 53.9. The molecule has 78 valence electrons. The van der Waals surface area contributed by atoms with Gasteiger partial charge in [-0.25, -0.2) is 0 Å². The monoisotopic (exact) mass is 196 g/mol. The second-order valence-electron chi connectivity index (χ2n) is 5.47. The summed E-state index contributed by atoms with van der Waals surface area (Å²) in [5.74, 6) is 0.781. The number of hydrogen-bond donors (Lipinski definition) is 1. The lowest BCUT2D eigenvalue weighted by atomic mass is 9.77. The van der Waals surface area contributed by atoms with Crippen LogP contribution in [0.3, 0.4) is 0 Å². The molecule has 4 fully saturated rings. The summed E-state index contributed by atoms with van der Waals surface area (Å²) in [4.78, 5) is 11.0. The molecule has 0 aliphatic heterocycles. The Kier molecular flexibility index (Phi) is 1.45. The van der Waals surface area contributed by atoms with Gasteiger partial charge in [0.2, 0.25) is 0 Å². The Hall–Kier alpha value is -0.570. The highest BCUT2D eigenvalue weighted by Crippen LogP contribution is 2.63. The van der Waals surface area contributed by atoms with Gasteiger partial charge >= 0.3 is 5.97 Å². The van der Waals surface area contributed by atoms with Gasteiger partial charge in [-0.1, -0.05) is 0 Å². The van der Waals surface area contributed by atoms with Gasteiger partial charge in [0.1, 0.15) is 5.60 Å². The van der Waals surface area contributed by atoms with Crippen molar-refractivity contribution in [1.82, 2.24) is 0 Å². The topological polar surface area (TPSA) is 46.5 Å². The van der Waals surface area contributed by atoms with Crippen molar-refractivity contribution in [2.45, 2.75) is 50.2 Å². The molecule has 0 radical (unpaired) electrons. The standard InChI is InChI=1S/C11H16O3/c1-7(12)14-10-3-8-2-9(5-10)11(13,4-8)6-10/h8-9,13H,2-6H2,1H3. The highest BCUT2D eigenvalue weighted by atomic mass is 16.6. The molecule has 3 heteroatoms. The molecular weight excluding hydrogens is 180 g/mol. The maximum absolute atomic E-state index is 11.0. The lowest BCUT2D eigenvalue weighted by Gasteiger charge is -2.38. The van der Waals surface area contributed by atoms with Crippen LogP contribution >= 0.6 is 0 Å². The molecule has 1 N–H and O–H groups in total. The lowest BCUT2D eigenvalue weighted by molar-refractivity contribution is -0.164. The van der Waals surface area contributed by atoms with Crippen LogP contribution in [0.1, 0.15) is 39.0 Å². The average molecular weight is 196 g/mol. The molecule has 0 saturated heterocycles. The Balaban J connectivity index is 1.89. The first-order chi connectivity index (χ1) is 6.51. The van der Waals surface area contributed by atoms with E-state index in [1.54, 1.807) is 0 Å². The molecule has 4 rings (SSSR count). The van der Waals surface area contributed by atoms with E-state index in [1.165, 1.54) is 6.92 Å². The van der Waals surface area contributed by atoms with Crippen LogP contribution in [0.2, 0.25) is 0 Å². The highest BCUT2D eigenvalue weighted by Gasteiger charge is 2.65. The van der Waals surface area contributed by atoms with Crippen LogP contribution in [0.4, 0.5) is 0 Å². The Bertz CT molecular complexity index is 301. The van der Waals surface area contributed by atoms with Crippen LogP contribution in [-0.4, -0.2) is 22.3 Å². The van der Waals surface area contributed by atoms with Crippen molar-refractivity contribution < 1.29 is 14.6 Å². The molecular formula is C11H16O3. The van der Waals surface area contributed by atoms with Crippen molar-refractivity contribution in [2.75, 3.05) is 0 Å². The third-order valence-corrected chi connectivity index (χ3v) is 4.29. The fourth-order valence-electron chi connectivity index (χ4n) is 4.20. The summed E-state index contributed by atoms with van der Waals surface area (Å²) in [5, 5.41) is 10.3. The van der Waals surface area contributed by atoms with Crippen molar-refractivity contribution in [3.05, 3.63) is 0 Å². The maximum Gasteiger partial charge on any atom is 0.303 e. The molecule has 0 heterocycles. The first-order valence-corrected chi connectivity index (χ1v) is 5.43. The molecule has 0 amide bonds. The molecule has 0 aromatic heterocycles. The van der Waals surface area contributed by atoms with E-state index in [4.69, 9.17) is 4.74 Å². The number of ether oxygens (including phenoxy) is 1. The minimum Gasteiger partial charge on any atom is -0.459 e. The molecule has 0 spiro atoms. The third-order valence-electron chi connectivity index (χ3n) is 4.29. The number of carbonyl (C=O) groups excluding carboxylic acids is 1. The van der Waals surface area contributed by atoms with E-state index in [1.807, 2.05) is 0 Å². The highest BCUT2D eigenvalue weighted by molar-refractivity contribution is 5.66. The zero-order valence-corrected chi connectivity index (χ0v) is 8.45.